The monoisotopic (exact) mass is 292 g/mol. The molecule has 0 aliphatic heterocycles. The summed E-state index contributed by atoms with van der Waals surface area (Å²) in [6.45, 7) is 3.89. The van der Waals surface area contributed by atoms with E-state index < -0.39 is 5.97 Å². The molecule has 0 aliphatic rings. The van der Waals surface area contributed by atoms with E-state index in [2.05, 4.69) is 0 Å². The van der Waals surface area contributed by atoms with Gasteiger partial charge in [0.1, 0.15) is 12.4 Å². The molecule has 3 N–H and O–H groups in total. The molecule has 0 spiro atoms. The third-order valence-corrected chi connectivity index (χ3v) is 2.78. The van der Waals surface area contributed by atoms with E-state index in [1.165, 1.54) is 6.08 Å². The number of carboxylic acids is 1. The summed E-state index contributed by atoms with van der Waals surface area (Å²) in [6, 6.07) is 7.13. The SMILES string of the molecule is CCN(CCOc1cccc(/C=C/C(=O)O)c1)CC(N)=O. The number of hydrogen-bond acceptors (Lipinski definition) is 4. The van der Waals surface area contributed by atoms with Crippen molar-refractivity contribution in [1.82, 2.24) is 4.90 Å². The molecule has 1 rings (SSSR count). The topological polar surface area (TPSA) is 92.9 Å². The zero-order valence-electron chi connectivity index (χ0n) is 12.0. The van der Waals surface area contributed by atoms with E-state index >= 15 is 0 Å². The van der Waals surface area contributed by atoms with Crippen LogP contribution in [0.25, 0.3) is 6.08 Å². The van der Waals surface area contributed by atoms with Crippen LogP contribution >= 0.6 is 0 Å². The van der Waals surface area contributed by atoms with Gasteiger partial charge in [-0.3, -0.25) is 9.69 Å². The quantitative estimate of drug-likeness (QED) is 0.662. The Morgan fingerprint density at radius 2 is 2.19 bits per heavy atom. The van der Waals surface area contributed by atoms with Crippen LogP contribution in [0.2, 0.25) is 0 Å². The van der Waals surface area contributed by atoms with Crippen LogP contribution in [0.1, 0.15) is 12.5 Å². The highest BCUT2D eigenvalue weighted by atomic mass is 16.5. The second-order valence-corrected chi connectivity index (χ2v) is 4.43. The number of aliphatic carboxylic acids is 1. The van der Waals surface area contributed by atoms with E-state index in [0.717, 1.165) is 11.6 Å². The molecule has 1 aromatic carbocycles. The average molecular weight is 292 g/mol. The summed E-state index contributed by atoms with van der Waals surface area (Å²) in [5.74, 6) is -0.707. The first-order chi connectivity index (χ1) is 10.0. The first-order valence-corrected chi connectivity index (χ1v) is 6.65. The average Bonchev–Trinajstić information content (AvgIpc) is 2.44. The number of rotatable bonds is 9. The number of carbonyl (C=O) groups is 2. The van der Waals surface area contributed by atoms with Gasteiger partial charge in [-0.05, 0) is 30.3 Å². The highest BCUT2D eigenvalue weighted by Gasteiger charge is 2.05. The van der Waals surface area contributed by atoms with E-state index in [0.29, 0.717) is 25.4 Å². The summed E-state index contributed by atoms with van der Waals surface area (Å²) in [5.41, 5.74) is 5.90. The highest BCUT2D eigenvalue weighted by molar-refractivity contribution is 5.85. The number of likely N-dealkylation sites (N-methyl/N-ethyl adjacent to an activating group) is 1. The van der Waals surface area contributed by atoms with Gasteiger partial charge in [-0.2, -0.15) is 0 Å². The Morgan fingerprint density at radius 3 is 2.81 bits per heavy atom. The van der Waals surface area contributed by atoms with E-state index in [1.54, 1.807) is 24.3 Å². The van der Waals surface area contributed by atoms with Crippen LogP contribution in [0.3, 0.4) is 0 Å². The predicted octanol–water partition coefficient (Wildman–Crippen LogP) is 0.970. The van der Waals surface area contributed by atoms with Gasteiger partial charge in [0.2, 0.25) is 5.91 Å². The Labute approximate surface area is 123 Å². The molecular formula is C15H20N2O4. The molecule has 0 heterocycles. The molecule has 0 saturated carbocycles. The molecule has 0 saturated heterocycles. The summed E-state index contributed by atoms with van der Waals surface area (Å²) >= 11 is 0. The number of carboxylic acid groups (broad SMARTS) is 1. The Kier molecular flexibility index (Phi) is 6.97. The Bertz CT molecular complexity index is 514. The van der Waals surface area contributed by atoms with Crippen LogP contribution in [0.5, 0.6) is 5.75 Å². The van der Waals surface area contributed by atoms with Crippen LogP contribution in [-0.4, -0.2) is 48.1 Å². The predicted molar refractivity (Wildman–Crippen MR) is 79.9 cm³/mol. The molecule has 6 heteroatoms. The molecule has 0 aromatic heterocycles. The fourth-order valence-corrected chi connectivity index (χ4v) is 1.74. The summed E-state index contributed by atoms with van der Waals surface area (Å²) < 4.78 is 5.59. The normalized spacial score (nSPS) is 11.0. The van der Waals surface area contributed by atoms with Crippen molar-refractivity contribution in [2.45, 2.75) is 6.92 Å². The maximum absolute atomic E-state index is 10.9. The van der Waals surface area contributed by atoms with Crippen LogP contribution in [0, 0.1) is 0 Å². The standard InChI is InChI=1S/C15H20N2O4/c1-2-17(11-14(16)18)8-9-21-13-5-3-4-12(10-13)6-7-15(19)20/h3-7,10H,2,8-9,11H2,1H3,(H2,16,18)(H,19,20)/b7-6+. The van der Waals surface area contributed by atoms with Crippen molar-refractivity contribution in [3.8, 4) is 5.75 Å². The van der Waals surface area contributed by atoms with Crippen molar-refractivity contribution < 1.29 is 19.4 Å². The second kappa shape index (κ2) is 8.76. The van der Waals surface area contributed by atoms with Gasteiger partial charge < -0.3 is 15.6 Å². The van der Waals surface area contributed by atoms with E-state index in [4.69, 9.17) is 15.6 Å². The van der Waals surface area contributed by atoms with Crippen molar-refractivity contribution in [2.75, 3.05) is 26.2 Å². The number of amides is 1. The van der Waals surface area contributed by atoms with Crippen molar-refractivity contribution >= 4 is 18.0 Å². The minimum atomic E-state index is -0.994. The molecule has 1 amide bonds. The Hall–Kier alpha value is -2.34. The summed E-state index contributed by atoms with van der Waals surface area (Å²) in [4.78, 5) is 23.2. The summed E-state index contributed by atoms with van der Waals surface area (Å²) in [7, 11) is 0. The molecule has 0 atom stereocenters. The fraction of sp³-hybridized carbons (Fsp3) is 0.333. The number of benzene rings is 1. The minimum absolute atomic E-state index is 0.210. The Morgan fingerprint density at radius 1 is 1.43 bits per heavy atom. The lowest BCUT2D eigenvalue weighted by atomic mass is 10.2. The van der Waals surface area contributed by atoms with Gasteiger partial charge in [0.25, 0.3) is 0 Å². The van der Waals surface area contributed by atoms with Gasteiger partial charge in [-0.25, -0.2) is 4.79 Å². The zero-order chi connectivity index (χ0) is 15.7. The van der Waals surface area contributed by atoms with Gasteiger partial charge in [-0.15, -0.1) is 0 Å². The van der Waals surface area contributed by atoms with Crippen molar-refractivity contribution in [1.29, 1.82) is 0 Å². The molecule has 114 valence electrons. The molecular weight excluding hydrogens is 272 g/mol. The molecule has 0 aliphatic carbocycles. The summed E-state index contributed by atoms with van der Waals surface area (Å²) in [5, 5.41) is 8.58. The fourth-order valence-electron chi connectivity index (χ4n) is 1.74. The van der Waals surface area contributed by atoms with E-state index in [-0.39, 0.29) is 12.5 Å². The second-order valence-electron chi connectivity index (χ2n) is 4.43. The number of ether oxygens (including phenoxy) is 1. The largest absolute Gasteiger partial charge is 0.492 e. The first-order valence-electron chi connectivity index (χ1n) is 6.65. The Balaban J connectivity index is 2.50. The number of primary amides is 1. The van der Waals surface area contributed by atoms with Crippen LogP contribution < -0.4 is 10.5 Å². The zero-order valence-corrected chi connectivity index (χ0v) is 12.0. The third kappa shape index (κ3) is 7.12. The van der Waals surface area contributed by atoms with Crippen LogP contribution in [0.4, 0.5) is 0 Å². The lowest BCUT2D eigenvalue weighted by molar-refractivity contribution is -0.131. The lowest BCUT2D eigenvalue weighted by Crippen LogP contribution is -2.36. The van der Waals surface area contributed by atoms with Crippen molar-refractivity contribution in [3.05, 3.63) is 35.9 Å². The van der Waals surface area contributed by atoms with Crippen LogP contribution in [0.15, 0.2) is 30.3 Å². The van der Waals surface area contributed by atoms with Crippen molar-refractivity contribution in [2.24, 2.45) is 5.73 Å². The number of hydrogen-bond donors (Lipinski definition) is 2. The smallest absolute Gasteiger partial charge is 0.328 e. The van der Waals surface area contributed by atoms with E-state index in [9.17, 15) is 9.59 Å². The van der Waals surface area contributed by atoms with Gasteiger partial charge in [0.05, 0.1) is 6.54 Å². The maximum atomic E-state index is 10.9. The number of nitrogens with zero attached hydrogens (tertiary/aromatic N) is 1. The minimum Gasteiger partial charge on any atom is -0.492 e. The number of carbonyl (C=O) groups excluding carboxylic acids is 1. The number of nitrogens with two attached hydrogens (primary N) is 1. The van der Waals surface area contributed by atoms with Crippen LogP contribution in [-0.2, 0) is 9.59 Å². The molecule has 0 fully saturated rings. The van der Waals surface area contributed by atoms with Gasteiger partial charge in [-0.1, -0.05) is 19.1 Å². The highest BCUT2D eigenvalue weighted by Crippen LogP contribution is 2.14. The third-order valence-electron chi connectivity index (χ3n) is 2.78. The molecule has 0 radical (unpaired) electrons. The van der Waals surface area contributed by atoms with Crippen molar-refractivity contribution in [3.63, 3.8) is 0 Å². The molecule has 1 aromatic rings. The summed E-state index contributed by atoms with van der Waals surface area (Å²) in [6.07, 6.45) is 2.57. The maximum Gasteiger partial charge on any atom is 0.328 e. The lowest BCUT2D eigenvalue weighted by Gasteiger charge is -2.18. The molecule has 6 nitrogen and oxygen atoms in total. The molecule has 0 unspecified atom stereocenters. The van der Waals surface area contributed by atoms with E-state index in [1.807, 2.05) is 11.8 Å². The van der Waals surface area contributed by atoms with Gasteiger partial charge in [0.15, 0.2) is 0 Å². The van der Waals surface area contributed by atoms with Gasteiger partial charge in [0, 0.05) is 12.6 Å². The molecule has 0 bridgehead atoms. The van der Waals surface area contributed by atoms with Gasteiger partial charge >= 0.3 is 5.97 Å². The molecule has 21 heavy (non-hydrogen) atoms. The first kappa shape index (κ1) is 16.7.